The fourth-order valence-electron chi connectivity index (χ4n) is 17.9. The van der Waals surface area contributed by atoms with Crippen molar-refractivity contribution in [3.63, 3.8) is 0 Å². The van der Waals surface area contributed by atoms with Crippen LogP contribution in [-0.2, 0) is 0 Å². The number of hydrogen-bond acceptors (Lipinski definition) is 2. The predicted octanol–water partition coefficient (Wildman–Crippen LogP) is 26.1. The maximum absolute atomic E-state index is 7.37. The average Bonchev–Trinajstić information content (AvgIpc) is 0.718. The van der Waals surface area contributed by atoms with Crippen molar-refractivity contribution in [1.29, 1.82) is 0 Å². The van der Waals surface area contributed by atoms with E-state index in [0.29, 0.717) is 33.2 Å². The Bertz CT molecular complexity index is 5230. The van der Waals surface area contributed by atoms with E-state index in [1.165, 1.54) is 162 Å². The Morgan fingerprint density at radius 2 is 0.330 bits per heavy atom. The Morgan fingerprint density at radius 1 is 0.182 bits per heavy atom. The van der Waals surface area contributed by atoms with Crippen LogP contribution in [0.2, 0.25) is 33.2 Å². The molecule has 0 fully saturated rings. The van der Waals surface area contributed by atoms with E-state index < -0.39 is 16.6 Å². The highest BCUT2D eigenvalue weighted by molar-refractivity contribution is 6.79. The molecular formula is C84H76O2Si2. The second-order valence-electron chi connectivity index (χ2n) is 27.8. The van der Waals surface area contributed by atoms with Crippen molar-refractivity contribution >= 4 is 178 Å². The van der Waals surface area contributed by atoms with Crippen molar-refractivity contribution in [3.8, 4) is 11.5 Å². The molecule has 88 heavy (non-hydrogen) atoms. The van der Waals surface area contributed by atoms with Crippen molar-refractivity contribution in [2.45, 2.75) is 116 Å². The van der Waals surface area contributed by atoms with Gasteiger partial charge in [-0.25, -0.2) is 0 Å². The largest absolute Gasteiger partial charge is 0.543 e. The molecule has 2 nitrogen and oxygen atoms in total. The average molecular weight is 1170 g/mol. The van der Waals surface area contributed by atoms with Crippen molar-refractivity contribution in [2.75, 3.05) is 0 Å². The summed E-state index contributed by atoms with van der Waals surface area (Å²) in [5.41, 5.74) is 2.87. The molecule has 0 aliphatic heterocycles. The highest BCUT2D eigenvalue weighted by Gasteiger charge is 2.48. The van der Waals surface area contributed by atoms with Crippen molar-refractivity contribution in [1.82, 2.24) is 0 Å². The molecule has 0 aromatic heterocycles. The topological polar surface area (TPSA) is 18.5 Å². The Morgan fingerprint density at radius 3 is 0.500 bits per heavy atom. The van der Waals surface area contributed by atoms with Gasteiger partial charge >= 0.3 is 0 Å². The second kappa shape index (κ2) is 20.0. The van der Waals surface area contributed by atoms with Gasteiger partial charge in [-0.15, -0.1) is 0 Å². The molecule has 4 heteroatoms. The lowest BCUT2D eigenvalue weighted by atomic mass is 9.84. The lowest BCUT2D eigenvalue weighted by Crippen LogP contribution is -2.50. The van der Waals surface area contributed by atoms with Gasteiger partial charge in [0.05, 0.1) is 0 Å². The molecule has 0 aliphatic rings. The summed E-state index contributed by atoms with van der Waals surface area (Å²) in [5.74, 6) is 1.99. The van der Waals surface area contributed by atoms with Gasteiger partial charge in [0, 0.05) is 0 Å². The molecule has 0 unspecified atom stereocenters. The molecule has 0 bridgehead atoms. The lowest BCUT2D eigenvalue weighted by Gasteiger charge is -2.42. The maximum atomic E-state index is 7.37. The highest BCUT2D eigenvalue weighted by Crippen LogP contribution is 2.51. The minimum absolute atomic E-state index is 0.479. The molecule has 0 N–H and O–H groups in total. The minimum Gasteiger partial charge on any atom is -0.543 e. The van der Waals surface area contributed by atoms with Gasteiger partial charge in [-0.05, 0) is 219 Å². The standard InChI is InChI=1S/C84H76O2Si2/c1-47(2)87(48(3)4,49(5)6)85-68-41-43-70-66(45-68)39-37-53-13-15-55-17-19-57-21-23-59-25-27-61-29-31-63-33-35-65-36-34-64-32-30-62-28-26-60-24-22-58-20-18-56-16-14-54-38-40-67-46-69(86-88(50(7)8,51(9)10)52(11)12)42-44-71(67)73(54)75(56)77(58)79(60)81(62)83(64)84(65)82(63)80(61)78(59)76(57)74(55)72(53)70/h13-52H,1-12H3. The number of hydrogen-bond donors (Lipinski definition) is 0. The number of benzene rings is 16. The molecule has 0 saturated heterocycles. The minimum atomic E-state index is -2.20. The lowest BCUT2D eigenvalue weighted by molar-refractivity contribution is 0.480. The van der Waals surface area contributed by atoms with Crippen molar-refractivity contribution < 1.29 is 8.85 Å². The molecular weight excluding hydrogens is 1100 g/mol. The number of fused-ring (bicyclic) bond motifs is 29. The smallest absolute Gasteiger partial charge is 0.258 e. The number of rotatable bonds is 10. The first-order valence-corrected chi connectivity index (χ1v) is 36.7. The fourth-order valence-corrected chi connectivity index (χ4v) is 28.4. The van der Waals surface area contributed by atoms with Gasteiger partial charge in [-0.2, -0.15) is 0 Å². The zero-order valence-electron chi connectivity index (χ0n) is 52.9. The Hall–Kier alpha value is -8.55. The summed E-state index contributed by atoms with van der Waals surface area (Å²) < 4.78 is 14.7. The van der Waals surface area contributed by atoms with Gasteiger partial charge in [0.25, 0.3) is 16.6 Å². The van der Waals surface area contributed by atoms with Crippen LogP contribution in [-0.4, -0.2) is 16.6 Å². The zero-order valence-corrected chi connectivity index (χ0v) is 54.9. The molecule has 0 radical (unpaired) electrons. The van der Waals surface area contributed by atoms with Gasteiger partial charge in [0.15, 0.2) is 0 Å². The third-order valence-electron chi connectivity index (χ3n) is 21.5. The first-order valence-electron chi connectivity index (χ1n) is 32.5. The van der Waals surface area contributed by atoms with Gasteiger partial charge in [0.1, 0.15) is 11.5 Å². The van der Waals surface area contributed by atoms with E-state index in [1.54, 1.807) is 0 Å². The van der Waals surface area contributed by atoms with E-state index in [1.807, 2.05) is 0 Å². The second-order valence-corrected chi connectivity index (χ2v) is 38.5. The Balaban J connectivity index is 1.03. The van der Waals surface area contributed by atoms with Crippen LogP contribution in [0.5, 0.6) is 11.5 Å². The van der Waals surface area contributed by atoms with Crippen LogP contribution in [0.4, 0.5) is 0 Å². The van der Waals surface area contributed by atoms with Crippen LogP contribution < -0.4 is 8.85 Å². The molecule has 0 spiro atoms. The summed E-state index contributed by atoms with van der Waals surface area (Å²) in [4.78, 5) is 0. The molecule has 0 saturated carbocycles. The normalized spacial score (nSPS) is 13.2. The van der Waals surface area contributed by atoms with Crippen LogP contribution in [0.3, 0.4) is 0 Å². The summed E-state index contributed by atoms with van der Waals surface area (Å²) in [7, 11) is -4.39. The molecule has 16 aromatic carbocycles. The van der Waals surface area contributed by atoms with E-state index in [-0.39, 0.29) is 0 Å². The summed E-state index contributed by atoms with van der Waals surface area (Å²) in [5, 5.41) is 38.1. The Labute approximate surface area is 517 Å². The zero-order chi connectivity index (χ0) is 60.4. The summed E-state index contributed by atoms with van der Waals surface area (Å²) in [6.45, 7) is 28.5. The van der Waals surface area contributed by atoms with Gasteiger partial charge < -0.3 is 8.85 Å². The van der Waals surface area contributed by atoms with Crippen LogP contribution in [0.1, 0.15) is 83.1 Å². The molecule has 0 atom stereocenters. The first kappa shape index (κ1) is 54.8. The van der Waals surface area contributed by atoms with E-state index in [0.717, 1.165) is 11.5 Å². The third kappa shape index (κ3) is 7.77. The van der Waals surface area contributed by atoms with Gasteiger partial charge in [0.2, 0.25) is 0 Å². The highest BCUT2D eigenvalue weighted by atomic mass is 28.4. The fraction of sp³-hybridized carbons (Fsp3) is 0.214. The van der Waals surface area contributed by atoms with E-state index >= 15 is 0 Å². The molecule has 0 aliphatic carbocycles. The first-order chi connectivity index (χ1) is 42.5. The van der Waals surface area contributed by atoms with Gasteiger partial charge in [-0.1, -0.05) is 265 Å². The monoisotopic (exact) mass is 1170 g/mol. The quantitative estimate of drug-likeness (QED) is 0.100. The van der Waals surface area contributed by atoms with Gasteiger partial charge in [-0.3, -0.25) is 0 Å². The van der Waals surface area contributed by atoms with E-state index in [4.69, 9.17) is 8.85 Å². The summed E-state index contributed by atoms with van der Waals surface area (Å²) >= 11 is 0. The van der Waals surface area contributed by atoms with Crippen LogP contribution >= 0.6 is 0 Å². The molecule has 0 amide bonds. The van der Waals surface area contributed by atoms with Crippen LogP contribution in [0.25, 0.3) is 162 Å². The van der Waals surface area contributed by atoms with Crippen LogP contribution in [0, 0.1) is 0 Å². The molecule has 16 aromatic rings. The van der Waals surface area contributed by atoms with Crippen molar-refractivity contribution in [3.05, 3.63) is 206 Å². The van der Waals surface area contributed by atoms with Crippen LogP contribution in [0.15, 0.2) is 206 Å². The molecule has 16 rings (SSSR count). The summed E-state index contributed by atoms with van der Waals surface area (Å²) in [6.07, 6.45) is 0. The van der Waals surface area contributed by atoms with E-state index in [9.17, 15) is 0 Å². The Kier molecular flexibility index (Phi) is 12.4. The maximum Gasteiger partial charge on any atom is 0.258 e. The third-order valence-corrected chi connectivity index (χ3v) is 33.5. The molecule has 432 valence electrons. The molecule has 0 heterocycles. The summed E-state index contributed by atoms with van der Waals surface area (Å²) in [6, 6.07) is 80.0. The van der Waals surface area contributed by atoms with Crippen molar-refractivity contribution in [2.24, 2.45) is 0 Å². The van der Waals surface area contributed by atoms with E-state index in [2.05, 4.69) is 289 Å². The SMILES string of the molecule is CC(C)[Si](Oc1ccc2c(ccc3ccc4ccc5ccc6ccc7ccc8ccc9ccc%10ccc%11ccc%12ccc%13ccc%14ccc%15ccc%16cc(O[Si](C(C)C)(C(C)C)C(C)C)ccc%16c%15c%14c%13c%12c%11c%10c9c8c7c6c5c4c32)c1)(C(C)C)C(C)C. The predicted molar refractivity (Wildman–Crippen MR) is 392 cm³/mol.